The van der Waals surface area contributed by atoms with Crippen molar-refractivity contribution < 1.29 is 4.74 Å². The van der Waals surface area contributed by atoms with Crippen molar-refractivity contribution in [2.75, 3.05) is 24.6 Å². The van der Waals surface area contributed by atoms with E-state index in [1.54, 1.807) is 0 Å². The number of aromatic nitrogens is 3. The lowest BCUT2D eigenvalue weighted by molar-refractivity contribution is 0.0898. The topological polar surface area (TPSA) is 43.2 Å². The smallest absolute Gasteiger partial charge is 0.164 e. The fourth-order valence-corrected chi connectivity index (χ4v) is 5.44. The summed E-state index contributed by atoms with van der Waals surface area (Å²) in [5.41, 5.74) is 2.32. The fourth-order valence-electron chi connectivity index (χ4n) is 3.47. The molecule has 0 N–H and O–H groups in total. The summed E-state index contributed by atoms with van der Waals surface area (Å²) in [6.07, 6.45) is 5.74. The first-order chi connectivity index (χ1) is 13.1. The summed E-state index contributed by atoms with van der Waals surface area (Å²) in [7, 11) is -1.07. The van der Waals surface area contributed by atoms with Crippen LogP contribution in [0.25, 0.3) is 11.2 Å². The van der Waals surface area contributed by atoms with Crippen molar-refractivity contribution in [1.29, 1.82) is 0 Å². The molecule has 0 aliphatic carbocycles. The first-order valence-corrected chi connectivity index (χ1v) is 15.7. The number of piperidine rings is 1. The Morgan fingerprint density at radius 3 is 2.54 bits per heavy atom. The first kappa shape index (κ1) is 22.5. The molecule has 1 aliphatic rings. The highest BCUT2D eigenvalue weighted by molar-refractivity contribution is 14.1. The zero-order valence-corrected chi connectivity index (χ0v) is 22.4. The fraction of sp³-hybridized carbons (Fsp3) is 0.700. The van der Waals surface area contributed by atoms with Crippen molar-refractivity contribution in [1.82, 2.24) is 14.5 Å². The Balaban J connectivity index is 1.79. The van der Waals surface area contributed by atoms with Gasteiger partial charge in [0.2, 0.25) is 0 Å². The summed E-state index contributed by atoms with van der Waals surface area (Å²) in [6, 6.07) is 1.18. The molecular formula is C20H32BrIN4OSi. The second-order valence-corrected chi connectivity index (χ2v) is 17.0. The molecule has 0 radical (unpaired) electrons. The van der Waals surface area contributed by atoms with Gasteiger partial charge in [-0.25, -0.2) is 9.97 Å². The zero-order valence-electron chi connectivity index (χ0n) is 17.7. The Hall–Kier alpha value is -0.193. The standard InChI is InChI=1S/C20H32BrIN4OSi/c1-6-20(2)7-9-25(10-8-20)19-17(21)23-16-15(22)13-26(18(16)24-19)14-27-11-12-28(3,4)5/h13H,6-12,14H2,1-5H3. The molecule has 0 bridgehead atoms. The molecule has 0 spiro atoms. The van der Waals surface area contributed by atoms with E-state index in [9.17, 15) is 0 Å². The van der Waals surface area contributed by atoms with Gasteiger partial charge in [0, 0.05) is 34.0 Å². The highest BCUT2D eigenvalue weighted by Gasteiger charge is 2.30. The van der Waals surface area contributed by atoms with Gasteiger partial charge in [0.05, 0.1) is 3.57 Å². The third kappa shape index (κ3) is 5.29. The van der Waals surface area contributed by atoms with Crippen molar-refractivity contribution in [2.24, 2.45) is 5.41 Å². The average Bonchev–Trinajstić information content (AvgIpc) is 2.93. The van der Waals surface area contributed by atoms with Crippen LogP contribution in [-0.2, 0) is 11.5 Å². The number of nitrogens with zero attached hydrogens (tertiary/aromatic N) is 4. The van der Waals surface area contributed by atoms with Gasteiger partial charge in [0.25, 0.3) is 0 Å². The van der Waals surface area contributed by atoms with Crippen LogP contribution in [0.1, 0.15) is 33.1 Å². The minimum atomic E-state index is -1.07. The number of ether oxygens (including phenoxy) is 1. The van der Waals surface area contributed by atoms with Crippen molar-refractivity contribution in [3.63, 3.8) is 0 Å². The number of halogens is 2. The van der Waals surface area contributed by atoms with E-state index in [4.69, 9.17) is 14.7 Å². The van der Waals surface area contributed by atoms with E-state index in [-0.39, 0.29) is 0 Å². The minimum absolute atomic E-state index is 0.459. The second-order valence-electron chi connectivity index (χ2n) is 9.46. The minimum Gasteiger partial charge on any atom is -0.361 e. The van der Waals surface area contributed by atoms with Crippen molar-refractivity contribution >= 4 is 63.6 Å². The molecule has 5 nitrogen and oxygen atoms in total. The quantitative estimate of drug-likeness (QED) is 0.225. The summed E-state index contributed by atoms with van der Waals surface area (Å²) in [6.45, 7) is 15.2. The lowest BCUT2D eigenvalue weighted by atomic mass is 9.78. The maximum absolute atomic E-state index is 5.98. The van der Waals surface area contributed by atoms with Gasteiger partial charge in [0.1, 0.15) is 16.9 Å². The molecule has 1 saturated heterocycles. The molecular weight excluding hydrogens is 547 g/mol. The maximum atomic E-state index is 5.98. The summed E-state index contributed by atoms with van der Waals surface area (Å²) in [4.78, 5) is 12.2. The van der Waals surface area contributed by atoms with Crippen LogP contribution in [0.2, 0.25) is 25.7 Å². The first-order valence-electron chi connectivity index (χ1n) is 10.2. The normalized spacial score (nSPS) is 17.5. The molecule has 0 unspecified atom stereocenters. The van der Waals surface area contributed by atoms with Gasteiger partial charge in [0.15, 0.2) is 11.5 Å². The molecule has 0 aromatic carbocycles. The van der Waals surface area contributed by atoms with Crippen molar-refractivity contribution in [3.8, 4) is 0 Å². The molecule has 156 valence electrons. The number of hydrogen-bond acceptors (Lipinski definition) is 4. The summed E-state index contributed by atoms with van der Waals surface area (Å²) >= 11 is 6.01. The Labute approximate surface area is 191 Å². The molecule has 0 atom stereocenters. The van der Waals surface area contributed by atoms with E-state index < -0.39 is 8.07 Å². The highest BCUT2D eigenvalue weighted by atomic mass is 127. The van der Waals surface area contributed by atoms with Crippen molar-refractivity contribution in [3.05, 3.63) is 14.4 Å². The van der Waals surface area contributed by atoms with Gasteiger partial charge < -0.3 is 14.2 Å². The summed E-state index contributed by atoms with van der Waals surface area (Å²) in [5.74, 6) is 0.962. The van der Waals surface area contributed by atoms with E-state index in [0.29, 0.717) is 12.1 Å². The van der Waals surface area contributed by atoms with Crippen molar-refractivity contribution in [2.45, 2.75) is 65.5 Å². The van der Waals surface area contributed by atoms with Gasteiger partial charge in [-0.15, -0.1) is 0 Å². The molecule has 0 saturated carbocycles. The Morgan fingerprint density at radius 2 is 1.93 bits per heavy atom. The molecule has 1 fully saturated rings. The monoisotopic (exact) mass is 578 g/mol. The lowest BCUT2D eigenvalue weighted by Gasteiger charge is -2.39. The lowest BCUT2D eigenvalue weighted by Crippen LogP contribution is -2.39. The van der Waals surface area contributed by atoms with E-state index >= 15 is 0 Å². The molecule has 3 heterocycles. The maximum Gasteiger partial charge on any atom is 0.164 e. The molecule has 3 rings (SSSR count). The largest absolute Gasteiger partial charge is 0.361 e. The molecule has 0 amide bonds. The van der Waals surface area contributed by atoms with Gasteiger partial charge in [-0.3, -0.25) is 0 Å². The molecule has 2 aromatic heterocycles. The van der Waals surface area contributed by atoms with Crippen LogP contribution < -0.4 is 4.90 Å². The third-order valence-electron chi connectivity index (χ3n) is 5.94. The summed E-state index contributed by atoms with van der Waals surface area (Å²) in [5, 5.41) is 0. The van der Waals surface area contributed by atoms with Gasteiger partial charge in [-0.05, 0) is 62.8 Å². The highest BCUT2D eigenvalue weighted by Crippen LogP contribution is 2.37. The SMILES string of the molecule is CCC1(C)CCN(c2nc3c(nc2Br)c(I)cn3COCC[Si](C)(C)C)CC1. The molecule has 28 heavy (non-hydrogen) atoms. The van der Waals surface area contributed by atoms with E-state index in [0.717, 1.165) is 44.9 Å². The third-order valence-corrected chi connectivity index (χ3v) is 8.96. The molecule has 2 aromatic rings. The molecule has 1 aliphatic heterocycles. The van der Waals surface area contributed by atoms with E-state index in [1.165, 1.54) is 25.3 Å². The number of anilines is 1. The zero-order chi connectivity index (χ0) is 20.5. The Bertz CT molecular complexity index is 828. The number of rotatable bonds is 7. The van der Waals surface area contributed by atoms with Crippen LogP contribution >= 0.6 is 38.5 Å². The van der Waals surface area contributed by atoms with Gasteiger partial charge in [-0.2, -0.15) is 0 Å². The predicted octanol–water partition coefficient (Wildman–Crippen LogP) is 6.13. The Kier molecular flexibility index (Phi) is 7.14. The molecule has 8 heteroatoms. The van der Waals surface area contributed by atoms with Crippen LogP contribution in [0.5, 0.6) is 0 Å². The summed E-state index contributed by atoms with van der Waals surface area (Å²) < 4.78 is 10.0. The van der Waals surface area contributed by atoms with Gasteiger partial charge >= 0.3 is 0 Å². The Morgan fingerprint density at radius 1 is 1.25 bits per heavy atom. The predicted molar refractivity (Wildman–Crippen MR) is 132 cm³/mol. The van der Waals surface area contributed by atoms with Crippen LogP contribution in [0.3, 0.4) is 0 Å². The van der Waals surface area contributed by atoms with Crippen LogP contribution in [0.15, 0.2) is 10.8 Å². The van der Waals surface area contributed by atoms with Crippen LogP contribution in [-0.4, -0.2) is 42.3 Å². The number of fused-ring (bicyclic) bond motifs is 1. The van der Waals surface area contributed by atoms with Crippen LogP contribution in [0, 0.1) is 8.99 Å². The number of hydrogen-bond donors (Lipinski definition) is 0. The van der Waals surface area contributed by atoms with E-state index in [2.05, 4.69) is 87.7 Å². The van der Waals surface area contributed by atoms with Crippen LogP contribution in [0.4, 0.5) is 5.82 Å². The average molecular weight is 579 g/mol. The second kappa shape index (κ2) is 8.89. The van der Waals surface area contributed by atoms with Gasteiger partial charge in [-0.1, -0.05) is 39.9 Å². The van der Waals surface area contributed by atoms with E-state index in [1.807, 2.05) is 0 Å².